The monoisotopic (exact) mass is 279 g/mol. The summed E-state index contributed by atoms with van der Waals surface area (Å²) in [6, 6.07) is 6.25. The van der Waals surface area contributed by atoms with Gasteiger partial charge < -0.3 is 5.32 Å². The first kappa shape index (κ1) is 12.0. The lowest BCUT2D eigenvalue weighted by atomic mass is 10.2. The number of rotatable bonds is 4. The van der Waals surface area contributed by atoms with Gasteiger partial charge in [0.1, 0.15) is 5.82 Å². The number of carbonyl (C=O) groups is 1. The maximum absolute atomic E-state index is 11.2. The third kappa shape index (κ3) is 2.14. The predicted octanol–water partition coefficient (Wildman–Crippen LogP) is 2.18. The largest absolute Gasteiger partial charge is 0.367 e. The Bertz CT molecular complexity index is 808. The number of fused-ring (bicyclic) bond motifs is 1. The van der Waals surface area contributed by atoms with Gasteiger partial charge in [-0.1, -0.05) is 0 Å². The van der Waals surface area contributed by atoms with Crippen LogP contribution < -0.4 is 5.32 Å². The van der Waals surface area contributed by atoms with E-state index in [2.05, 4.69) is 20.4 Å². The van der Waals surface area contributed by atoms with E-state index < -0.39 is 0 Å². The molecule has 0 spiro atoms. The molecule has 0 aliphatic heterocycles. The average Bonchev–Trinajstić information content (AvgIpc) is 3.24. The molecule has 1 aliphatic rings. The van der Waals surface area contributed by atoms with E-state index in [1.807, 2.05) is 18.2 Å². The van der Waals surface area contributed by atoms with Crippen molar-refractivity contribution < 1.29 is 4.79 Å². The van der Waals surface area contributed by atoms with Gasteiger partial charge in [0.05, 0.1) is 17.5 Å². The summed E-state index contributed by atoms with van der Waals surface area (Å²) in [6.45, 7) is 0. The molecule has 1 N–H and O–H groups in total. The Kier molecular flexibility index (Phi) is 2.67. The van der Waals surface area contributed by atoms with Crippen molar-refractivity contribution in [2.75, 3.05) is 5.32 Å². The van der Waals surface area contributed by atoms with Crippen LogP contribution in [0.4, 0.5) is 5.82 Å². The normalized spacial score (nSPS) is 14.3. The summed E-state index contributed by atoms with van der Waals surface area (Å²) >= 11 is 0. The average molecular weight is 279 g/mol. The summed E-state index contributed by atoms with van der Waals surface area (Å²) < 4.78 is 1.69. The van der Waals surface area contributed by atoms with Crippen LogP contribution in [0.5, 0.6) is 0 Å². The van der Waals surface area contributed by atoms with Crippen molar-refractivity contribution in [3.8, 4) is 11.3 Å². The highest BCUT2D eigenvalue weighted by atomic mass is 16.1. The Balaban J connectivity index is 1.92. The maximum atomic E-state index is 11.2. The molecule has 0 bridgehead atoms. The Hall–Kier alpha value is -2.76. The number of carbonyl (C=O) groups excluding carboxylic acids is 1. The third-order valence-corrected chi connectivity index (χ3v) is 3.53. The van der Waals surface area contributed by atoms with Crippen molar-refractivity contribution in [2.24, 2.45) is 0 Å². The van der Waals surface area contributed by atoms with Crippen LogP contribution in [0.3, 0.4) is 0 Å². The summed E-state index contributed by atoms with van der Waals surface area (Å²) in [5.41, 5.74) is 2.83. The lowest BCUT2D eigenvalue weighted by Gasteiger charge is -2.10. The minimum Gasteiger partial charge on any atom is -0.367 e. The molecule has 104 valence electrons. The van der Waals surface area contributed by atoms with E-state index in [1.165, 1.54) is 0 Å². The van der Waals surface area contributed by atoms with E-state index in [0.717, 1.165) is 36.2 Å². The van der Waals surface area contributed by atoms with Crippen LogP contribution in [0.15, 0.2) is 36.8 Å². The highest BCUT2D eigenvalue weighted by Gasteiger charge is 2.23. The summed E-state index contributed by atoms with van der Waals surface area (Å²) in [7, 11) is 0. The number of hydrogen-bond acceptors (Lipinski definition) is 5. The first-order chi connectivity index (χ1) is 10.3. The van der Waals surface area contributed by atoms with E-state index in [4.69, 9.17) is 0 Å². The molecule has 0 aromatic carbocycles. The van der Waals surface area contributed by atoms with Crippen molar-refractivity contribution >= 4 is 17.8 Å². The second-order valence-corrected chi connectivity index (χ2v) is 5.13. The molecule has 3 aromatic rings. The van der Waals surface area contributed by atoms with Gasteiger partial charge in [0.15, 0.2) is 11.9 Å². The molecule has 0 amide bonds. The molecule has 0 atom stereocenters. The van der Waals surface area contributed by atoms with Crippen molar-refractivity contribution in [1.82, 2.24) is 19.6 Å². The number of aromatic nitrogens is 4. The summed E-state index contributed by atoms with van der Waals surface area (Å²) in [5, 5.41) is 7.69. The van der Waals surface area contributed by atoms with E-state index in [0.29, 0.717) is 17.3 Å². The van der Waals surface area contributed by atoms with Gasteiger partial charge >= 0.3 is 0 Å². The van der Waals surface area contributed by atoms with Crippen LogP contribution in [0, 0.1) is 0 Å². The molecule has 21 heavy (non-hydrogen) atoms. The second-order valence-electron chi connectivity index (χ2n) is 5.13. The standard InChI is InChI=1S/C15H13N5O/c21-9-11-8-17-20-14(18-12-1-2-12)7-13(19-15(11)20)10-3-5-16-6-4-10/h3-9,12,18H,1-2H2. The summed E-state index contributed by atoms with van der Waals surface area (Å²) in [6.07, 6.45) is 8.11. The summed E-state index contributed by atoms with van der Waals surface area (Å²) in [4.78, 5) is 19.7. The van der Waals surface area contributed by atoms with Gasteiger partial charge in [0.25, 0.3) is 0 Å². The third-order valence-electron chi connectivity index (χ3n) is 3.53. The van der Waals surface area contributed by atoms with Crippen molar-refractivity contribution in [3.63, 3.8) is 0 Å². The van der Waals surface area contributed by atoms with E-state index >= 15 is 0 Å². The highest BCUT2D eigenvalue weighted by Crippen LogP contribution is 2.28. The Morgan fingerprint density at radius 1 is 1.29 bits per heavy atom. The van der Waals surface area contributed by atoms with Crippen LogP contribution in [-0.4, -0.2) is 31.9 Å². The molecule has 0 unspecified atom stereocenters. The molecule has 1 aliphatic carbocycles. The number of nitrogens with zero attached hydrogens (tertiary/aromatic N) is 4. The fourth-order valence-corrected chi connectivity index (χ4v) is 2.27. The number of aldehydes is 1. The molecule has 0 saturated heterocycles. The Morgan fingerprint density at radius 3 is 2.81 bits per heavy atom. The fraction of sp³-hybridized carbons (Fsp3) is 0.200. The lowest BCUT2D eigenvalue weighted by molar-refractivity contribution is 0.112. The summed E-state index contributed by atoms with van der Waals surface area (Å²) in [5.74, 6) is 0.863. The van der Waals surface area contributed by atoms with Gasteiger partial charge in [-0.05, 0) is 25.0 Å². The first-order valence-corrected chi connectivity index (χ1v) is 6.86. The first-order valence-electron chi connectivity index (χ1n) is 6.86. The zero-order chi connectivity index (χ0) is 14.2. The predicted molar refractivity (Wildman–Crippen MR) is 78.3 cm³/mol. The van der Waals surface area contributed by atoms with Crippen molar-refractivity contribution in [3.05, 3.63) is 42.4 Å². The van der Waals surface area contributed by atoms with Crippen LogP contribution >= 0.6 is 0 Å². The molecule has 6 heteroatoms. The van der Waals surface area contributed by atoms with Crippen LogP contribution in [0.25, 0.3) is 16.9 Å². The second kappa shape index (κ2) is 4.66. The minimum absolute atomic E-state index is 0.491. The van der Waals surface area contributed by atoms with Crippen LogP contribution in [-0.2, 0) is 0 Å². The Morgan fingerprint density at radius 2 is 2.10 bits per heavy atom. The van der Waals surface area contributed by atoms with Gasteiger partial charge in [-0.3, -0.25) is 9.78 Å². The van der Waals surface area contributed by atoms with Crippen molar-refractivity contribution in [2.45, 2.75) is 18.9 Å². The molecule has 1 saturated carbocycles. The zero-order valence-corrected chi connectivity index (χ0v) is 11.2. The lowest BCUT2D eigenvalue weighted by Crippen LogP contribution is -2.08. The molecule has 6 nitrogen and oxygen atoms in total. The quantitative estimate of drug-likeness (QED) is 0.741. The van der Waals surface area contributed by atoms with Crippen LogP contribution in [0.2, 0.25) is 0 Å². The number of nitrogens with one attached hydrogen (secondary N) is 1. The molecule has 0 radical (unpaired) electrons. The van der Waals surface area contributed by atoms with Crippen molar-refractivity contribution in [1.29, 1.82) is 0 Å². The fourth-order valence-electron chi connectivity index (χ4n) is 2.27. The number of pyridine rings is 1. The SMILES string of the molecule is O=Cc1cnn2c(NC3CC3)cc(-c3ccncc3)nc12. The molecule has 4 rings (SSSR count). The zero-order valence-electron chi connectivity index (χ0n) is 11.2. The molecular formula is C15H13N5O. The van der Waals surface area contributed by atoms with Gasteiger partial charge in [-0.25, -0.2) is 4.98 Å². The topological polar surface area (TPSA) is 72.2 Å². The van der Waals surface area contributed by atoms with E-state index in [-0.39, 0.29) is 0 Å². The van der Waals surface area contributed by atoms with E-state index in [1.54, 1.807) is 23.1 Å². The van der Waals surface area contributed by atoms with Gasteiger partial charge in [-0.15, -0.1) is 0 Å². The highest BCUT2D eigenvalue weighted by molar-refractivity contribution is 5.85. The van der Waals surface area contributed by atoms with Gasteiger partial charge in [-0.2, -0.15) is 9.61 Å². The minimum atomic E-state index is 0.491. The van der Waals surface area contributed by atoms with Gasteiger partial charge in [0, 0.05) is 30.1 Å². The maximum Gasteiger partial charge on any atom is 0.168 e. The van der Waals surface area contributed by atoms with Crippen LogP contribution in [0.1, 0.15) is 23.2 Å². The molecular weight excluding hydrogens is 266 g/mol. The Labute approximate surface area is 120 Å². The molecule has 3 heterocycles. The molecule has 3 aromatic heterocycles. The smallest absolute Gasteiger partial charge is 0.168 e. The number of hydrogen-bond donors (Lipinski definition) is 1. The van der Waals surface area contributed by atoms with E-state index in [9.17, 15) is 4.79 Å². The molecule has 1 fully saturated rings. The number of anilines is 1. The van der Waals surface area contributed by atoms with Gasteiger partial charge in [0.2, 0.25) is 0 Å².